The van der Waals surface area contributed by atoms with Crippen molar-refractivity contribution in [2.75, 3.05) is 18.0 Å². The van der Waals surface area contributed by atoms with Crippen LogP contribution in [0.3, 0.4) is 0 Å². The molecule has 2 atom stereocenters. The van der Waals surface area contributed by atoms with E-state index in [0.29, 0.717) is 34.8 Å². The van der Waals surface area contributed by atoms with Gasteiger partial charge in [-0.05, 0) is 30.4 Å². The molecular weight excluding hydrogens is 384 g/mol. The van der Waals surface area contributed by atoms with Crippen LogP contribution in [0.4, 0.5) is 5.69 Å². The van der Waals surface area contributed by atoms with Gasteiger partial charge in [0.1, 0.15) is 12.9 Å². The molecule has 0 aromatic carbocycles. The predicted octanol–water partition coefficient (Wildman–Crippen LogP) is 1.11. The second-order valence-corrected chi connectivity index (χ2v) is 8.23. The monoisotopic (exact) mass is 404 g/mol. The fourth-order valence-corrected chi connectivity index (χ4v) is 4.63. The lowest BCUT2D eigenvalue weighted by atomic mass is 10.2. The Morgan fingerprint density at radius 1 is 1.17 bits per heavy atom. The van der Waals surface area contributed by atoms with Crippen LogP contribution in [0.25, 0.3) is 11.2 Å². The molecule has 0 spiro atoms. The summed E-state index contributed by atoms with van der Waals surface area (Å²) in [6.45, 7) is 4.21. The van der Waals surface area contributed by atoms with Gasteiger partial charge in [-0.3, -0.25) is 14.3 Å². The highest BCUT2D eigenvalue weighted by Gasteiger charge is 2.58. The van der Waals surface area contributed by atoms with E-state index >= 15 is 0 Å². The van der Waals surface area contributed by atoms with Gasteiger partial charge in [0.25, 0.3) is 5.56 Å². The summed E-state index contributed by atoms with van der Waals surface area (Å²) in [7, 11) is 1.77. The van der Waals surface area contributed by atoms with Crippen LogP contribution in [0.2, 0.25) is 0 Å². The lowest BCUT2D eigenvalue weighted by Gasteiger charge is -2.21. The molecule has 1 saturated heterocycles. The molecule has 152 valence electrons. The largest absolute Gasteiger partial charge is 0.370 e. The van der Waals surface area contributed by atoms with Crippen LogP contribution in [0.15, 0.2) is 40.4 Å². The average molecular weight is 404 g/mol. The van der Waals surface area contributed by atoms with Crippen molar-refractivity contribution in [3.8, 4) is 0 Å². The van der Waals surface area contributed by atoms with Crippen molar-refractivity contribution < 1.29 is 4.52 Å². The zero-order valence-corrected chi connectivity index (χ0v) is 16.6. The number of pyridine rings is 1. The molecule has 2 unspecified atom stereocenters. The maximum atomic E-state index is 12.7. The smallest absolute Gasteiger partial charge is 0.280 e. The third kappa shape index (κ3) is 2.63. The molecule has 0 bridgehead atoms. The molecular formula is C20H20N8O2. The molecule has 5 heterocycles. The van der Waals surface area contributed by atoms with Crippen LogP contribution in [-0.4, -0.2) is 47.3 Å². The molecule has 10 nitrogen and oxygen atoms in total. The number of nitrogens with zero attached hydrogens (tertiary/aromatic N) is 8. The topological polar surface area (TPSA) is 108 Å². The first-order valence-electron chi connectivity index (χ1n) is 9.94. The summed E-state index contributed by atoms with van der Waals surface area (Å²) in [5.74, 6) is 2.55. The van der Waals surface area contributed by atoms with E-state index in [4.69, 9.17) is 4.52 Å². The minimum absolute atomic E-state index is 0.176. The molecule has 2 aliphatic rings. The van der Waals surface area contributed by atoms with Crippen molar-refractivity contribution in [1.29, 1.82) is 0 Å². The van der Waals surface area contributed by atoms with E-state index in [1.165, 1.54) is 22.1 Å². The van der Waals surface area contributed by atoms with Crippen molar-refractivity contribution in [3.63, 3.8) is 0 Å². The molecule has 1 saturated carbocycles. The molecule has 4 aromatic heterocycles. The third-order valence-corrected chi connectivity index (χ3v) is 6.21. The Hall–Kier alpha value is -3.56. The number of imidazole rings is 1. The van der Waals surface area contributed by atoms with Crippen LogP contribution in [0.5, 0.6) is 0 Å². The van der Waals surface area contributed by atoms with Crippen molar-refractivity contribution in [3.05, 3.63) is 58.7 Å². The Kier molecular flexibility index (Phi) is 3.59. The summed E-state index contributed by atoms with van der Waals surface area (Å²) in [4.78, 5) is 32.3. The van der Waals surface area contributed by atoms with Gasteiger partial charge in [0, 0.05) is 32.3 Å². The number of hydrogen-bond donors (Lipinski definition) is 0. The number of aromatic nitrogens is 7. The molecule has 1 aliphatic carbocycles. The zero-order chi connectivity index (χ0) is 20.4. The van der Waals surface area contributed by atoms with Crippen molar-refractivity contribution in [2.24, 2.45) is 18.9 Å². The summed E-state index contributed by atoms with van der Waals surface area (Å²) >= 11 is 0. The van der Waals surface area contributed by atoms with Gasteiger partial charge in [-0.2, -0.15) is 4.98 Å². The number of fused-ring (bicyclic) bond motifs is 2. The standard InChI is InChI=1S/C20H20N8O2/c1-11-3-12(5-21-4-11)27-6-13-14(7-27)16(13)18-24-15(30-25-18)8-28-10-23-19-17(20(28)29)26(2)9-22-19/h3-5,9-10,13-14,16H,6-8H2,1-2H3. The van der Waals surface area contributed by atoms with Crippen LogP contribution in [0, 0.1) is 18.8 Å². The molecule has 30 heavy (non-hydrogen) atoms. The van der Waals surface area contributed by atoms with Crippen LogP contribution in [-0.2, 0) is 13.6 Å². The van der Waals surface area contributed by atoms with Crippen LogP contribution >= 0.6 is 0 Å². The minimum atomic E-state index is -0.176. The number of piperidine rings is 1. The van der Waals surface area contributed by atoms with Gasteiger partial charge in [-0.15, -0.1) is 0 Å². The highest BCUT2D eigenvalue weighted by molar-refractivity contribution is 5.68. The fraction of sp³-hybridized carbons (Fsp3) is 0.400. The summed E-state index contributed by atoms with van der Waals surface area (Å²) < 4.78 is 8.59. The predicted molar refractivity (Wildman–Crippen MR) is 107 cm³/mol. The van der Waals surface area contributed by atoms with E-state index in [1.807, 2.05) is 12.4 Å². The number of aryl methyl sites for hydroxylation is 2. The Balaban J connectivity index is 1.17. The summed E-state index contributed by atoms with van der Waals surface area (Å²) in [6.07, 6.45) is 6.85. The Labute approximate surface area is 171 Å². The number of anilines is 1. The summed E-state index contributed by atoms with van der Waals surface area (Å²) in [5, 5.41) is 4.20. The molecule has 4 aromatic rings. The fourth-order valence-electron chi connectivity index (χ4n) is 4.63. The maximum Gasteiger partial charge on any atom is 0.280 e. The first-order valence-corrected chi connectivity index (χ1v) is 9.94. The number of hydrogen-bond acceptors (Lipinski definition) is 8. The molecule has 1 aliphatic heterocycles. The van der Waals surface area contributed by atoms with Gasteiger partial charge >= 0.3 is 0 Å². The van der Waals surface area contributed by atoms with Gasteiger partial charge in [0.15, 0.2) is 17.0 Å². The van der Waals surface area contributed by atoms with E-state index in [-0.39, 0.29) is 12.1 Å². The van der Waals surface area contributed by atoms with Crippen LogP contribution in [0.1, 0.15) is 23.2 Å². The van der Waals surface area contributed by atoms with E-state index < -0.39 is 0 Å². The minimum Gasteiger partial charge on any atom is -0.370 e. The number of rotatable bonds is 4. The average Bonchev–Trinajstić information content (AvgIpc) is 3.16. The Morgan fingerprint density at radius 3 is 2.77 bits per heavy atom. The summed E-state index contributed by atoms with van der Waals surface area (Å²) in [6, 6.07) is 2.17. The quantitative estimate of drug-likeness (QED) is 0.498. The Bertz CT molecular complexity index is 1310. The first kappa shape index (κ1) is 17.3. The van der Waals surface area contributed by atoms with Crippen molar-refractivity contribution in [2.45, 2.75) is 19.4 Å². The Morgan fingerprint density at radius 2 is 1.97 bits per heavy atom. The third-order valence-electron chi connectivity index (χ3n) is 6.21. The first-order chi connectivity index (χ1) is 14.6. The van der Waals surface area contributed by atoms with E-state index in [0.717, 1.165) is 18.9 Å². The summed E-state index contributed by atoms with van der Waals surface area (Å²) in [5.41, 5.74) is 3.06. The van der Waals surface area contributed by atoms with Crippen molar-refractivity contribution in [1.82, 2.24) is 34.2 Å². The van der Waals surface area contributed by atoms with Gasteiger partial charge in [-0.25, -0.2) is 9.97 Å². The second-order valence-electron chi connectivity index (χ2n) is 8.23. The highest BCUT2D eigenvalue weighted by atomic mass is 16.5. The lowest BCUT2D eigenvalue weighted by Crippen LogP contribution is -2.24. The second kappa shape index (κ2) is 6.22. The van der Waals surface area contributed by atoms with Gasteiger partial charge in [0.2, 0.25) is 5.89 Å². The highest BCUT2D eigenvalue weighted by Crippen LogP contribution is 2.57. The molecule has 0 radical (unpaired) electrons. The van der Waals surface area contributed by atoms with Crippen molar-refractivity contribution >= 4 is 16.9 Å². The van der Waals surface area contributed by atoms with E-state index in [1.54, 1.807) is 17.9 Å². The van der Waals surface area contributed by atoms with E-state index in [2.05, 4.69) is 43.0 Å². The SMILES string of the molecule is Cc1cncc(N2CC3C(C2)C3c2noc(Cn3cnc4ncn(C)c4c3=O)n2)c1. The maximum absolute atomic E-state index is 12.7. The van der Waals surface area contributed by atoms with Gasteiger partial charge in [0.05, 0.1) is 18.2 Å². The molecule has 6 rings (SSSR count). The van der Waals surface area contributed by atoms with Gasteiger partial charge in [-0.1, -0.05) is 5.16 Å². The van der Waals surface area contributed by atoms with Crippen LogP contribution < -0.4 is 10.5 Å². The van der Waals surface area contributed by atoms with E-state index in [9.17, 15) is 4.79 Å². The zero-order valence-electron chi connectivity index (χ0n) is 16.6. The normalized spacial score (nSPS) is 22.6. The van der Waals surface area contributed by atoms with Gasteiger partial charge < -0.3 is 14.0 Å². The molecule has 2 fully saturated rings. The molecule has 0 N–H and O–H groups in total. The molecule has 10 heteroatoms. The molecule has 0 amide bonds. The lowest BCUT2D eigenvalue weighted by molar-refractivity contribution is 0.363.